The van der Waals surface area contributed by atoms with Gasteiger partial charge >= 0.3 is 0 Å². The van der Waals surface area contributed by atoms with Gasteiger partial charge in [0.2, 0.25) is 25.1 Å². The highest BCUT2D eigenvalue weighted by atomic mass is 16.5. The van der Waals surface area contributed by atoms with Crippen LogP contribution in [0.1, 0.15) is 73.8 Å². The van der Waals surface area contributed by atoms with E-state index in [1.807, 2.05) is 65.8 Å². The first-order chi connectivity index (χ1) is 28.3. The maximum atomic E-state index is 11.3. The van der Waals surface area contributed by atoms with Gasteiger partial charge < -0.3 is 62.2 Å². The van der Waals surface area contributed by atoms with E-state index in [-0.39, 0.29) is 30.0 Å². The van der Waals surface area contributed by atoms with Gasteiger partial charge in [-0.1, -0.05) is 67.5 Å². The zero-order valence-electron chi connectivity index (χ0n) is 37.8. The van der Waals surface area contributed by atoms with Crippen molar-refractivity contribution in [2.45, 2.75) is 80.9 Å². The van der Waals surface area contributed by atoms with Crippen LogP contribution in [0.15, 0.2) is 36.4 Å². The second kappa shape index (κ2) is 67.8. The molecule has 0 saturated heterocycles. The molecule has 10 N–H and O–H groups in total. The highest BCUT2D eigenvalue weighted by Crippen LogP contribution is 2.10. The molecule has 0 radical (unpaired) electrons. The molecule has 59 heavy (non-hydrogen) atoms. The van der Waals surface area contributed by atoms with Crippen molar-refractivity contribution in [3.05, 3.63) is 42.0 Å². The Labute approximate surface area is 354 Å². The summed E-state index contributed by atoms with van der Waals surface area (Å²) in [6, 6.07) is 7.70. The minimum Gasteiger partial charge on any atom is -0.385 e. The monoisotopic (exact) mass is 849 g/mol. The first-order valence-corrected chi connectivity index (χ1v) is 19.2. The van der Waals surface area contributed by atoms with E-state index in [0.717, 1.165) is 35.7 Å². The fourth-order valence-electron chi connectivity index (χ4n) is 2.78. The number of carbonyl (C=O) groups excluding carboxylic acids is 8. The molecule has 19 heteroatoms. The van der Waals surface area contributed by atoms with Crippen LogP contribution < -0.4 is 38.1 Å². The van der Waals surface area contributed by atoms with E-state index in [2.05, 4.69) is 46.2 Å². The Balaban J connectivity index is -0.0000000913. The van der Waals surface area contributed by atoms with Crippen molar-refractivity contribution in [1.29, 1.82) is 0 Å². The zero-order chi connectivity index (χ0) is 47.7. The van der Waals surface area contributed by atoms with Crippen molar-refractivity contribution in [3.8, 4) is 0 Å². The SMILES string of the molecule is C=O.CC.CC.CC(C)C(O)C=O.CCCNC.CCCOCc1ccc(NC(=O)CNC)cc1.CNC=O.CNC=O.NC=O.NCCOCCN1C(=O)C=CC1=O. The number of hydrogen-bond donors (Lipinski definition) is 8. The number of amides is 6. The largest absolute Gasteiger partial charge is 0.385 e. The molecule has 1 aliphatic heterocycles. The summed E-state index contributed by atoms with van der Waals surface area (Å²) in [4.78, 5) is 78.8. The summed E-state index contributed by atoms with van der Waals surface area (Å²) in [6.45, 7) is 22.2. The lowest BCUT2D eigenvalue weighted by molar-refractivity contribution is -0.137. The minimum atomic E-state index is -0.778. The molecule has 0 saturated carbocycles. The van der Waals surface area contributed by atoms with E-state index in [1.54, 1.807) is 35.0 Å². The maximum Gasteiger partial charge on any atom is 0.253 e. The number of aliphatic hydroxyl groups is 1. The molecule has 1 aliphatic rings. The van der Waals surface area contributed by atoms with Crippen molar-refractivity contribution >= 4 is 55.7 Å². The molecule has 1 aromatic rings. The molecular formula is C40H80N8O11. The average molecular weight is 849 g/mol. The summed E-state index contributed by atoms with van der Waals surface area (Å²) in [5.41, 5.74) is 11.3. The van der Waals surface area contributed by atoms with Gasteiger partial charge in [-0.3, -0.25) is 33.7 Å². The number of benzene rings is 1. The molecule has 0 aromatic heterocycles. The third kappa shape index (κ3) is 65.2. The third-order valence-electron chi connectivity index (χ3n) is 5.37. The number of anilines is 1. The van der Waals surface area contributed by atoms with E-state index >= 15 is 0 Å². The number of ether oxygens (including phenoxy) is 2. The van der Waals surface area contributed by atoms with Gasteiger partial charge in [-0.05, 0) is 57.1 Å². The van der Waals surface area contributed by atoms with Crippen LogP contribution in [0.3, 0.4) is 0 Å². The Morgan fingerprint density at radius 1 is 0.814 bits per heavy atom. The van der Waals surface area contributed by atoms with Crippen LogP contribution in [0.4, 0.5) is 5.69 Å². The number of primary amides is 1. The van der Waals surface area contributed by atoms with Gasteiger partial charge in [-0.25, -0.2) is 0 Å². The predicted molar refractivity (Wildman–Crippen MR) is 236 cm³/mol. The van der Waals surface area contributed by atoms with Gasteiger partial charge in [-0.15, -0.1) is 0 Å². The molecule has 0 fully saturated rings. The number of nitrogens with one attached hydrogen (secondary N) is 5. The topological polar surface area (TPSA) is 291 Å². The van der Waals surface area contributed by atoms with E-state index in [1.165, 1.54) is 18.6 Å². The van der Waals surface area contributed by atoms with Crippen LogP contribution in [0.5, 0.6) is 0 Å². The molecule has 0 spiro atoms. The molecule has 1 heterocycles. The lowest BCUT2D eigenvalue weighted by Crippen LogP contribution is -2.33. The normalized spacial score (nSPS) is 10.1. The van der Waals surface area contributed by atoms with Crippen LogP contribution in [-0.4, -0.2) is 140 Å². The number of likely N-dealkylation sites (N-methyl/N-ethyl adjacent to an activating group) is 1. The second-order valence-electron chi connectivity index (χ2n) is 10.3. The van der Waals surface area contributed by atoms with E-state index in [9.17, 15) is 19.2 Å². The van der Waals surface area contributed by atoms with E-state index < -0.39 is 6.10 Å². The number of hydrogen-bond acceptors (Lipinski definition) is 14. The molecule has 6 amide bonds. The molecule has 1 atom stereocenters. The maximum absolute atomic E-state index is 11.3. The molecule has 1 unspecified atom stereocenters. The second-order valence-corrected chi connectivity index (χ2v) is 10.3. The fourth-order valence-corrected chi connectivity index (χ4v) is 2.78. The highest BCUT2D eigenvalue weighted by Gasteiger charge is 2.22. The van der Waals surface area contributed by atoms with E-state index in [0.29, 0.717) is 58.6 Å². The molecule has 2 rings (SSSR count). The van der Waals surface area contributed by atoms with Crippen LogP contribution in [0, 0.1) is 5.92 Å². The number of carbonyl (C=O) groups is 8. The Hall–Kier alpha value is -4.92. The van der Waals surface area contributed by atoms with Crippen molar-refractivity contribution in [3.63, 3.8) is 0 Å². The number of aldehydes is 1. The average Bonchev–Trinajstić information content (AvgIpc) is 3.59. The summed E-state index contributed by atoms with van der Waals surface area (Å²) in [5, 5.41) is 21.7. The van der Waals surface area contributed by atoms with Crippen molar-refractivity contribution < 1.29 is 52.9 Å². The van der Waals surface area contributed by atoms with Gasteiger partial charge in [0.05, 0.1) is 32.9 Å². The standard InChI is InChI=1S/C13H20N2O2.C8H12N2O3.C5H10O2.C4H11N.2C2H5NO.2C2H6.CH3NO.CH2O/c1-3-8-17-10-11-4-6-12(7-5-11)15-13(16)9-14-2;9-3-5-13-6-4-10-7(11)1-2-8(10)12;1-4(2)5(7)3-6;1-3-4-5-2;2*1-3-2-4;2*1-2;2-1-3;1-2/h4-7,14H,3,8-10H2,1-2H3,(H,15,16);1-2H,3-6,9H2;3-5,7H,1-2H3;5H,3-4H2,1-2H3;2*2H,1H3,(H,3,4);2*1-2H3;1H,(H2,2,3);1H2. The zero-order valence-corrected chi connectivity index (χ0v) is 37.8. The van der Waals surface area contributed by atoms with Gasteiger partial charge in [0.15, 0.2) is 0 Å². The van der Waals surface area contributed by atoms with E-state index in [4.69, 9.17) is 39.5 Å². The Morgan fingerprint density at radius 2 is 1.27 bits per heavy atom. The molecule has 0 aliphatic carbocycles. The predicted octanol–water partition coefficient (Wildman–Crippen LogP) is 1.17. The summed E-state index contributed by atoms with van der Waals surface area (Å²) < 4.78 is 10.5. The lowest BCUT2D eigenvalue weighted by Gasteiger charge is -2.12. The van der Waals surface area contributed by atoms with Crippen molar-refractivity contribution in [1.82, 2.24) is 26.2 Å². The molecular weight excluding hydrogens is 768 g/mol. The first kappa shape index (κ1) is 71.8. The first-order valence-electron chi connectivity index (χ1n) is 19.2. The van der Waals surface area contributed by atoms with Crippen molar-refractivity contribution in [2.24, 2.45) is 17.4 Å². The van der Waals surface area contributed by atoms with Crippen LogP contribution in [0.25, 0.3) is 0 Å². The number of imide groups is 1. The number of aliphatic hydroxyl groups excluding tert-OH is 1. The van der Waals surface area contributed by atoms with Gasteiger partial charge in [0.1, 0.15) is 19.2 Å². The number of nitrogens with two attached hydrogens (primary N) is 2. The van der Waals surface area contributed by atoms with Gasteiger partial charge in [-0.2, -0.15) is 0 Å². The summed E-state index contributed by atoms with van der Waals surface area (Å²) >= 11 is 0. The third-order valence-corrected chi connectivity index (χ3v) is 5.37. The van der Waals surface area contributed by atoms with Crippen molar-refractivity contribution in [2.75, 3.05) is 79.5 Å². The quantitative estimate of drug-likeness (QED) is 0.0585. The highest BCUT2D eigenvalue weighted by molar-refractivity contribution is 6.12. The number of nitrogens with zero attached hydrogens (tertiary/aromatic N) is 1. The Bertz CT molecular complexity index is 1050. The van der Waals surface area contributed by atoms with Gasteiger partial charge in [0.25, 0.3) is 11.8 Å². The summed E-state index contributed by atoms with van der Waals surface area (Å²) in [5.74, 6) is -0.539. The summed E-state index contributed by atoms with van der Waals surface area (Å²) in [7, 11) is 6.83. The number of rotatable bonds is 18. The molecule has 346 valence electrons. The van der Waals surface area contributed by atoms with Gasteiger partial charge in [0, 0.05) is 45.1 Å². The van der Waals surface area contributed by atoms with Crippen LogP contribution in [0.2, 0.25) is 0 Å². The Kier molecular flexibility index (Phi) is 82.5. The fraction of sp³-hybridized carbons (Fsp3) is 0.600. The summed E-state index contributed by atoms with van der Waals surface area (Å²) in [6.07, 6.45) is 6.04. The molecule has 1 aromatic carbocycles. The molecule has 19 nitrogen and oxygen atoms in total. The lowest BCUT2D eigenvalue weighted by atomic mass is 10.1. The van der Waals surface area contributed by atoms with Crippen LogP contribution >= 0.6 is 0 Å². The van der Waals surface area contributed by atoms with Crippen LogP contribution in [-0.2, 0) is 54.4 Å². The minimum absolute atomic E-state index is 0.0394. The molecule has 0 bridgehead atoms. The smallest absolute Gasteiger partial charge is 0.253 e. The Morgan fingerprint density at radius 3 is 1.56 bits per heavy atom.